The number of primary sulfonamides is 1. The first-order valence-electron chi connectivity index (χ1n) is 7.31. The molecule has 21 heavy (non-hydrogen) atoms. The van der Waals surface area contributed by atoms with Gasteiger partial charge in [-0.1, -0.05) is 20.3 Å². The summed E-state index contributed by atoms with van der Waals surface area (Å²) in [6.07, 6.45) is 3.97. The van der Waals surface area contributed by atoms with Crippen LogP contribution in [0.2, 0.25) is 0 Å². The summed E-state index contributed by atoms with van der Waals surface area (Å²) in [5, 5.41) is 11.9. The van der Waals surface area contributed by atoms with Crippen LogP contribution in [0.25, 0.3) is 0 Å². The maximum atomic E-state index is 12.6. The molecule has 0 radical (unpaired) electrons. The van der Waals surface area contributed by atoms with Crippen LogP contribution in [0.15, 0.2) is 4.90 Å². The summed E-state index contributed by atoms with van der Waals surface area (Å²) in [5.74, 6) is -0.345. The number of sulfonamides is 1. The summed E-state index contributed by atoms with van der Waals surface area (Å²) in [7, 11) is -3.98. The molecule has 1 heterocycles. The molecule has 0 spiro atoms. The van der Waals surface area contributed by atoms with Crippen LogP contribution >= 0.6 is 0 Å². The number of hydrogen-bond donors (Lipinski definition) is 2. The highest BCUT2D eigenvalue weighted by Gasteiger charge is 2.36. The summed E-state index contributed by atoms with van der Waals surface area (Å²) < 4.78 is 23.7. The maximum absolute atomic E-state index is 12.6. The molecule has 1 amide bonds. The van der Waals surface area contributed by atoms with Crippen molar-refractivity contribution < 1.29 is 13.2 Å². The van der Waals surface area contributed by atoms with E-state index < -0.39 is 10.0 Å². The highest BCUT2D eigenvalue weighted by Crippen LogP contribution is 2.29. The molecule has 0 atom stereocenters. The first-order chi connectivity index (χ1) is 9.90. The summed E-state index contributed by atoms with van der Waals surface area (Å²) in [4.78, 5) is 14.2. The van der Waals surface area contributed by atoms with Crippen LogP contribution in [-0.4, -0.2) is 42.0 Å². The number of nitrogens with zero attached hydrogens (tertiary/aromatic N) is 2. The largest absolute Gasteiger partial charge is 0.334 e. The summed E-state index contributed by atoms with van der Waals surface area (Å²) in [6, 6.07) is 0.206. The third kappa shape index (κ3) is 3.44. The topological polar surface area (TPSA) is 109 Å². The lowest BCUT2D eigenvalue weighted by molar-refractivity contribution is 0.0733. The van der Waals surface area contributed by atoms with Crippen LogP contribution in [0.3, 0.4) is 0 Å². The second-order valence-corrected chi connectivity index (χ2v) is 6.90. The fraction of sp³-hybridized carbons (Fsp3) is 0.692. The highest BCUT2D eigenvalue weighted by atomic mass is 32.2. The quantitative estimate of drug-likeness (QED) is 0.783. The zero-order valence-corrected chi connectivity index (χ0v) is 13.2. The third-order valence-corrected chi connectivity index (χ3v) is 4.50. The Labute approximate surface area is 124 Å². The fourth-order valence-corrected chi connectivity index (χ4v) is 3.35. The molecule has 1 saturated carbocycles. The fourth-order valence-electron chi connectivity index (χ4n) is 2.45. The number of carbonyl (C=O) groups is 1. The molecular formula is C13H22N4O3S. The van der Waals surface area contributed by atoms with Gasteiger partial charge in [0, 0.05) is 12.6 Å². The number of aromatic nitrogens is 2. The average Bonchev–Trinajstić information content (AvgIpc) is 3.14. The summed E-state index contributed by atoms with van der Waals surface area (Å²) in [5.41, 5.74) is 0.344. The Bertz CT molecular complexity index is 619. The van der Waals surface area contributed by atoms with Gasteiger partial charge in [0.25, 0.3) is 5.91 Å². The van der Waals surface area contributed by atoms with Gasteiger partial charge in [-0.3, -0.25) is 9.89 Å². The number of amides is 1. The molecule has 0 bridgehead atoms. The standard InChI is InChI=1S/C13H22N4O3S/c1-3-5-10-12(21(14,19)20)11(16-15-10)13(18)17(8-4-2)9-6-7-9/h9H,3-8H2,1-2H3,(H,15,16)(H2,14,19,20). The van der Waals surface area contributed by atoms with Gasteiger partial charge in [-0.15, -0.1) is 0 Å². The molecule has 1 fully saturated rings. The molecule has 0 saturated heterocycles. The van der Waals surface area contributed by atoms with Gasteiger partial charge in [0.15, 0.2) is 5.69 Å². The molecule has 0 aliphatic heterocycles. The molecule has 0 unspecified atom stereocenters. The zero-order valence-electron chi connectivity index (χ0n) is 12.4. The van der Waals surface area contributed by atoms with E-state index in [2.05, 4.69) is 10.2 Å². The molecule has 1 aromatic rings. The minimum Gasteiger partial charge on any atom is -0.334 e. The van der Waals surface area contributed by atoms with Crippen molar-refractivity contribution in [2.45, 2.75) is 56.9 Å². The van der Waals surface area contributed by atoms with Crippen LogP contribution < -0.4 is 5.14 Å². The Kier molecular flexibility index (Phi) is 4.67. The minimum absolute atomic E-state index is 0.0682. The summed E-state index contributed by atoms with van der Waals surface area (Å²) >= 11 is 0. The van der Waals surface area contributed by atoms with E-state index in [1.54, 1.807) is 4.90 Å². The van der Waals surface area contributed by atoms with E-state index in [-0.39, 0.29) is 22.5 Å². The van der Waals surface area contributed by atoms with E-state index in [4.69, 9.17) is 5.14 Å². The van der Waals surface area contributed by atoms with Crippen molar-refractivity contribution in [3.05, 3.63) is 11.4 Å². The van der Waals surface area contributed by atoms with Gasteiger partial charge in [-0.25, -0.2) is 13.6 Å². The second kappa shape index (κ2) is 6.15. The van der Waals surface area contributed by atoms with E-state index in [0.717, 1.165) is 25.7 Å². The van der Waals surface area contributed by atoms with Crippen molar-refractivity contribution in [2.24, 2.45) is 5.14 Å². The molecule has 1 aromatic heterocycles. The van der Waals surface area contributed by atoms with Gasteiger partial charge in [0.1, 0.15) is 4.90 Å². The molecule has 8 heteroatoms. The maximum Gasteiger partial charge on any atom is 0.276 e. The molecule has 2 rings (SSSR count). The first-order valence-corrected chi connectivity index (χ1v) is 8.85. The average molecular weight is 314 g/mol. The Hall–Kier alpha value is -1.41. The minimum atomic E-state index is -3.98. The number of nitrogens with two attached hydrogens (primary N) is 1. The normalized spacial score (nSPS) is 15.2. The van der Waals surface area contributed by atoms with Crippen molar-refractivity contribution in [1.82, 2.24) is 15.1 Å². The van der Waals surface area contributed by atoms with Gasteiger partial charge < -0.3 is 4.90 Å². The van der Waals surface area contributed by atoms with Crippen molar-refractivity contribution >= 4 is 15.9 Å². The molecule has 7 nitrogen and oxygen atoms in total. The molecule has 1 aliphatic rings. The van der Waals surface area contributed by atoms with E-state index in [1.807, 2.05) is 13.8 Å². The van der Waals surface area contributed by atoms with Crippen molar-refractivity contribution in [3.8, 4) is 0 Å². The second-order valence-electron chi connectivity index (χ2n) is 5.40. The summed E-state index contributed by atoms with van der Waals surface area (Å²) in [6.45, 7) is 4.50. The zero-order chi connectivity index (χ0) is 15.6. The van der Waals surface area contributed by atoms with Crippen molar-refractivity contribution in [3.63, 3.8) is 0 Å². The molecule has 0 aromatic carbocycles. The number of carbonyl (C=O) groups excluding carboxylic acids is 1. The van der Waals surface area contributed by atoms with E-state index >= 15 is 0 Å². The van der Waals surface area contributed by atoms with Crippen LogP contribution in [0, 0.1) is 0 Å². The lowest BCUT2D eigenvalue weighted by atomic mass is 10.2. The molecular weight excluding hydrogens is 292 g/mol. The number of nitrogens with one attached hydrogen (secondary N) is 1. The number of aromatic amines is 1. The monoisotopic (exact) mass is 314 g/mol. The van der Waals surface area contributed by atoms with Crippen LogP contribution in [0.4, 0.5) is 0 Å². The van der Waals surface area contributed by atoms with Crippen LogP contribution in [-0.2, 0) is 16.4 Å². The van der Waals surface area contributed by atoms with Gasteiger partial charge in [0.2, 0.25) is 10.0 Å². The SMILES string of the molecule is CCCc1[nH]nc(C(=O)N(CCC)C2CC2)c1S(N)(=O)=O. The Morgan fingerprint density at radius 1 is 1.38 bits per heavy atom. The molecule has 3 N–H and O–H groups in total. The third-order valence-electron chi connectivity index (χ3n) is 3.49. The van der Waals surface area contributed by atoms with Crippen LogP contribution in [0.1, 0.15) is 55.7 Å². The lowest BCUT2D eigenvalue weighted by Crippen LogP contribution is -2.35. The highest BCUT2D eigenvalue weighted by molar-refractivity contribution is 7.89. The number of H-pyrrole nitrogens is 1. The molecule has 1 aliphatic carbocycles. The van der Waals surface area contributed by atoms with Gasteiger partial charge in [-0.05, 0) is 25.7 Å². The first kappa shape index (κ1) is 16.0. The van der Waals surface area contributed by atoms with E-state index in [0.29, 0.717) is 18.7 Å². The van der Waals surface area contributed by atoms with Gasteiger partial charge in [-0.2, -0.15) is 5.10 Å². The number of aryl methyl sites for hydroxylation is 1. The predicted molar refractivity (Wildman–Crippen MR) is 78.3 cm³/mol. The van der Waals surface area contributed by atoms with E-state index in [9.17, 15) is 13.2 Å². The van der Waals surface area contributed by atoms with E-state index in [1.165, 1.54) is 0 Å². The number of hydrogen-bond acceptors (Lipinski definition) is 4. The van der Waals surface area contributed by atoms with Crippen LogP contribution in [0.5, 0.6) is 0 Å². The van der Waals surface area contributed by atoms with Gasteiger partial charge >= 0.3 is 0 Å². The lowest BCUT2D eigenvalue weighted by Gasteiger charge is -2.21. The van der Waals surface area contributed by atoms with Gasteiger partial charge in [0.05, 0.1) is 5.69 Å². The smallest absolute Gasteiger partial charge is 0.276 e. The Morgan fingerprint density at radius 3 is 2.52 bits per heavy atom. The Morgan fingerprint density at radius 2 is 2.05 bits per heavy atom. The van der Waals surface area contributed by atoms with Crippen molar-refractivity contribution in [2.75, 3.05) is 6.54 Å². The Balaban J connectivity index is 2.40. The van der Waals surface area contributed by atoms with Crippen molar-refractivity contribution in [1.29, 1.82) is 0 Å². The number of rotatable bonds is 7. The predicted octanol–water partition coefficient (Wildman–Crippen LogP) is 1.02. The molecule has 118 valence electrons.